The molecule has 0 spiro atoms. The normalized spacial score (nSPS) is 9.53. The molecule has 0 aromatic carbocycles. The maximum atomic E-state index is 8.54. The van der Waals surface area contributed by atoms with Crippen molar-refractivity contribution in [3.05, 3.63) is 48.2 Å². The van der Waals surface area contributed by atoms with Gasteiger partial charge < -0.3 is 9.15 Å². The van der Waals surface area contributed by atoms with E-state index in [1.54, 1.807) is 24.5 Å². The molecule has 2 aromatic rings. The van der Waals surface area contributed by atoms with Crippen molar-refractivity contribution in [1.82, 2.24) is 4.98 Å². The van der Waals surface area contributed by atoms with Gasteiger partial charge in [0.25, 0.3) is 0 Å². The molecule has 0 radical (unpaired) electrons. The SMILES string of the molecule is N#Cc1ccc(OCc2ccco2)cn1. The van der Waals surface area contributed by atoms with Crippen LogP contribution >= 0.6 is 0 Å². The van der Waals surface area contributed by atoms with Crippen LogP contribution < -0.4 is 4.74 Å². The number of hydrogen-bond acceptors (Lipinski definition) is 4. The van der Waals surface area contributed by atoms with Crippen LogP contribution in [0, 0.1) is 11.3 Å². The molecule has 0 aliphatic heterocycles. The lowest BCUT2D eigenvalue weighted by Crippen LogP contribution is -1.94. The quantitative estimate of drug-likeness (QED) is 0.761. The summed E-state index contributed by atoms with van der Waals surface area (Å²) in [4.78, 5) is 3.88. The van der Waals surface area contributed by atoms with Gasteiger partial charge in [-0.25, -0.2) is 4.98 Å². The van der Waals surface area contributed by atoms with Gasteiger partial charge in [0.1, 0.15) is 29.9 Å². The Morgan fingerprint density at radius 3 is 2.93 bits per heavy atom. The van der Waals surface area contributed by atoms with Crippen molar-refractivity contribution in [2.24, 2.45) is 0 Å². The van der Waals surface area contributed by atoms with Gasteiger partial charge in [0.2, 0.25) is 0 Å². The summed E-state index contributed by atoms with van der Waals surface area (Å²) in [6.07, 6.45) is 3.11. The lowest BCUT2D eigenvalue weighted by molar-refractivity contribution is 0.269. The molecule has 4 nitrogen and oxygen atoms in total. The Bertz CT molecular complexity index is 454. The van der Waals surface area contributed by atoms with E-state index in [1.165, 1.54) is 6.20 Å². The summed E-state index contributed by atoms with van der Waals surface area (Å²) in [5.41, 5.74) is 0.375. The first kappa shape index (κ1) is 9.28. The molecule has 0 saturated carbocycles. The molecule has 0 atom stereocenters. The van der Waals surface area contributed by atoms with Crippen LogP contribution in [0.1, 0.15) is 11.5 Å². The molecule has 15 heavy (non-hydrogen) atoms. The van der Waals surface area contributed by atoms with Gasteiger partial charge in [-0.15, -0.1) is 0 Å². The molecule has 0 aliphatic carbocycles. The highest BCUT2D eigenvalue weighted by Gasteiger charge is 1.98. The molecule has 4 heteroatoms. The van der Waals surface area contributed by atoms with E-state index < -0.39 is 0 Å². The van der Waals surface area contributed by atoms with E-state index in [1.807, 2.05) is 12.1 Å². The highest BCUT2D eigenvalue weighted by molar-refractivity contribution is 5.26. The van der Waals surface area contributed by atoms with Gasteiger partial charge in [-0.1, -0.05) is 0 Å². The van der Waals surface area contributed by atoms with Gasteiger partial charge in [-0.2, -0.15) is 5.26 Å². The van der Waals surface area contributed by atoms with Crippen molar-refractivity contribution in [2.45, 2.75) is 6.61 Å². The summed E-state index contributed by atoms with van der Waals surface area (Å²) < 4.78 is 10.5. The highest BCUT2D eigenvalue weighted by Crippen LogP contribution is 2.11. The summed E-state index contributed by atoms with van der Waals surface area (Å²) in [5, 5.41) is 8.54. The van der Waals surface area contributed by atoms with E-state index in [0.717, 1.165) is 5.76 Å². The standard InChI is InChI=1S/C11H8N2O2/c12-6-9-3-4-10(7-13-9)15-8-11-2-1-5-14-11/h1-5,7H,8H2. The Balaban J connectivity index is 1.97. The summed E-state index contributed by atoms with van der Waals surface area (Å²) in [7, 11) is 0. The van der Waals surface area contributed by atoms with Crippen molar-refractivity contribution < 1.29 is 9.15 Å². The van der Waals surface area contributed by atoms with Crippen LogP contribution in [0.25, 0.3) is 0 Å². The van der Waals surface area contributed by atoms with E-state index in [2.05, 4.69) is 4.98 Å². The van der Waals surface area contributed by atoms with Crippen LogP contribution in [0.2, 0.25) is 0 Å². The minimum absolute atomic E-state index is 0.362. The van der Waals surface area contributed by atoms with E-state index in [0.29, 0.717) is 18.1 Å². The second-order valence-electron chi connectivity index (χ2n) is 2.86. The van der Waals surface area contributed by atoms with Crippen molar-refractivity contribution in [1.29, 1.82) is 5.26 Å². The van der Waals surface area contributed by atoms with E-state index in [-0.39, 0.29) is 0 Å². The number of ether oxygens (including phenoxy) is 1. The van der Waals surface area contributed by atoms with Crippen molar-refractivity contribution in [2.75, 3.05) is 0 Å². The van der Waals surface area contributed by atoms with Crippen LogP contribution in [0.3, 0.4) is 0 Å². The Labute approximate surface area is 86.7 Å². The largest absolute Gasteiger partial charge is 0.484 e. The van der Waals surface area contributed by atoms with Gasteiger partial charge in [0.05, 0.1) is 12.5 Å². The van der Waals surface area contributed by atoms with Gasteiger partial charge in [-0.05, 0) is 24.3 Å². The Morgan fingerprint density at radius 2 is 2.33 bits per heavy atom. The van der Waals surface area contributed by atoms with Gasteiger partial charge >= 0.3 is 0 Å². The van der Waals surface area contributed by atoms with Gasteiger partial charge in [0.15, 0.2) is 0 Å². The average Bonchev–Trinajstić information content (AvgIpc) is 2.80. The molecular weight excluding hydrogens is 192 g/mol. The zero-order valence-electron chi connectivity index (χ0n) is 7.88. The first-order valence-corrected chi connectivity index (χ1v) is 4.40. The Kier molecular flexibility index (Phi) is 2.65. The smallest absolute Gasteiger partial charge is 0.146 e. The number of pyridine rings is 1. The summed E-state index contributed by atoms with van der Waals surface area (Å²) in [6.45, 7) is 0.362. The van der Waals surface area contributed by atoms with Crippen LogP contribution in [-0.2, 0) is 6.61 Å². The molecule has 74 valence electrons. The van der Waals surface area contributed by atoms with Crippen LogP contribution in [0.15, 0.2) is 41.1 Å². The Hall–Kier alpha value is -2.28. The van der Waals surface area contributed by atoms with Crippen LogP contribution in [0.4, 0.5) is 0 Å². The minimum atomic E-state index is 0.362. The Morgan fingerprint density at radius 1 is 1.40 bits per heavy atom. The number of nitriles is 1. The van der Waals surface area contributed by atoms with Crippen molar-refractivity contribution >= 4 is 0 Å². The monoisotopic (exact) mass is 200 g/mol. The third-order valence-electron chi connectivity index (χ3n) is 1.81. The molecule has 0 bridgehead atoms. The van der Waals surface area contributed by atoms with E-state index in [9.17, 15) is 0 Å². The topological polar surface area (TPSA) is 59.0 Å². The highest BCUT2D eigenvalue weighted by atomic mass is 16.5. The number of hydrogen-bond donors (Lipinski definition) is 0. The predicted octanol–water partition coefficient (Wildman–Crippen LogP) is 2.13. The molecule has 2 heterocycles. The molecule has 0 N–H and O–H groups in total. The van der Waals surface area contributed by atoms with Crippen molar-refractivity contribution in [3.63, 3.8) is 0 Å². The molecule has 0 unspecified atom stereocenters. The van der Waals surface area contributed by atoms with Gasteiger partial charge in [-0.3, -0.25) is 0 Å². The third-order valence-corrected chi connectivity index (χ3v) is 1.81. The van der Waals surface area contributed by atoms with E-state index >= 15 is 0 Å². The maximum absolute atomic E-state index is 8.54. The molecule has 0 fully saturated rings. The lowest BCUT2D eigenvalue weighted by Gasteiger charge is -2.02. The lowest BCUT2D eigenvalue weighted by atomic mass is 10.3. The summed E-state index contributed by atoms with van der Waals surface area (Å²) >= 11 is 0. The summed E-state index contributed by atoms with van der Waals surface area (Å²) in [5.74, 6) is 1.37. The molecular formula is C11H8N2O2. The molecule has 0 saturated heterocycles. The number of furan rings is 1. The summed E-state index contributed by atoms with van der Waals surface area (Å²) in [6, 6.07) is 8.88. The predicted molar refractivity (Wildman–Crippen MR) is 52.0 cm³/mol. The number of rotatable bonds is 3. The first-order valence-electron chi connectivity index (χ1n) is 4.40. The second kappa shape index (κ2) is 4.29. The number of nitrogens with zero attached hydrogens (tertiary/aromatic N) is 2. The molecule has 2 aromatic heterocycles. The molecule has 0 amide bonds. The number of aromatic nitrogens is 1. The van der Waals surface area contributed by atoms with Crippen molar-refractivity contribution in [3.8, 4) is 11.8 Å². The fraction of sp³-hybridized carbons (Fsp3) is 0.0909. The minimum Gasteiger partial charge on any atom is -0.484 e. The average molecular weight is 200 g/mol. The van der Waals surface area contributed by atoms with Gasteiger partial charge in [0, 0.05) is 0 Å². The first-order chi connectivity index (χ1) is 7.38. The zero-order chi connectivity index (χ0) is 10.5. The second-order valence-corrected chi connectivity index (χ2v) is 2.86. The molecule has 0 aliphatic rings. The van der Waals surface area contributed by atoms with E-state index in [4.69, 9.17) is 14.4 Å². The molecule has 2 rings (SSSR count). The maximum Gasteiger partial charge on any atom is 0.146 e. The fourth-order valence-corrected chi connectivity index (χ4v) is 1.08. The fourth-order valence-electron chi connectivity index (χ4n) is 1.08. The zero-order valence-corrected chi connectivity index (χ0v) is 7.88. The van der Waals surface area contributed by atoms with Crippen LogP contribution in [-0.4, -0.2) is 4.98 Å². The van der Waals surface area contributed by atoms with Crippen LogP contribution in [0.5, 0.6) is 5.75 Å². The third kappa shape index (κ3) is 2.35.